The van der Waals surface area contributed by atoms with Crippen molar-refractivity contribution in [3.63, 3.8) is 0 Å². The van der Waals surface area contributed by atoms with Crippen LogP contribution in [0.3, 0.4) is 0 Å². The van der Waals surface area contributed by atoms with Gasteiger partial charge in [-0.2, -0.15) is 0 Å². The third-order valence-electron chi connectivity index (χ3n) is 5.56. The van der Waals surface area contributed by atoms with Crippen LogP contribution in [-0.2, 0) is 0 Å². The van der Waals surface area contributed by atoms with Gasteiger partial charge >= 0.3 is 0 Å². The van der Waals surface area contributed by atoms with Crippen LogP contribution in [0.5, 0.6) is 0 Å². The van der Waals surface area contributed by atoms with Crippen LogP contribution in [0.2, 0.25) is 5.02 Å². The van der Waals surface area contributed by atoms with E-state index in [2.05, 4.69) is 107 Å². The third-order valence-corrected chi connectivity index (χ3v) is 5.81. The van der Waals surface area contributed by atoms with Crippen molar-refractivity contribution in [1.29, 1.82) is 0 Å². The van der Waals surface area contributed by atoms with Crippen LogP contribution in [0.15, 0.2) is 84.9 Å². The van der Waals surface area contributed by atoms with Gasteiger partial charge in [-0.1, -0.05) is 94.5 Å². The maximum Gasteiger partial charge on any atom is 0.139 e. The highest BCUT2D eigenvalue weighted by Crippen LogP contribution is 2.30. The molecule has 4 aromatic carbocycles. The standard InChI is InChI=1S/C27H21B2Cl/c1-18-6-8-19(9-7-18)10-11-20-14-17-25(24-5-3-2-4-23(20)24)27(29)26(28)21-12-15-22(30)16-13-21/h2-9,12-17H,28-29H2,1H3/b27-26+. The van der Waals surface area contributed by atoms with Crippen LogP contribution in [0, 0.1) is 18.8 Å². The summed E-state index contributed by atoms with van der Waals surface area (Å²) in [5.74, 6) is 6.68. The summed E-state index contributed by atoms with van der Waals surface area (Å²) >= 11 is 6.06. The van der Waals surface area contributed by atoms with Gasteiger partial charge in [0.05, 0.1) is 0 Å². The first kappa shape index (κ1) is 20.1. The second kappa shape index (κ2) is 8.70. The minimum Gasteiger partial charge on any atom is -0.0874 e. The van der Waals surface area contributed by atoms with Crippen molar-refractivity contribution >= 4 is 49.0 Å². The highest BCUT2D eigenvalue weighted by Gasteiger charge is 2.09. The lowest BCUT2D eigenvalue weighted by Gasteiger charge is -2.13. The number of hydrogen-bond acceptors (Lipinski definition) is 0. The van der Waals surface area contributed by atoms with Crippen molar-refractivity contribution in [3.05, 3.63) is 118 Å². The lowest BCUT2D eigenvalue weighted by Crippen LogP contribution is -1.95. The molecule has 0 aromatic heterocycles. The molecule has 4 rings (SSSR count). The first-order valence-electron chi connectivity index (χ1n) is 10.1. The molecule has 0 nitrogen and oxygen atoms in total. The molecule has 0 fully saturated rings. The second-order valence-corrected chi connectivity index (χ2v) is 8.02. The molecule has 30 heavy (non-hydrogen) atoms. The quantitative estimate of drug-likeness (QED) is 0.243. The van der Waals surface area contributed by atoms with Crippen LogP contribution in [0.4, 0.5) is 0 Å². The summed E-state index contributed by atoms with van der Waals surface area (Å²) in [4.78, 5) is 0. The molecular weight excluding hydrogens is 381 g/mol. The molecule has 0 saturated carbocycles. The van der Waals surface area contributed by atoms with Crippen molar-refractivity contribution < 1.29 is 0 Å². The zero-order valence-electron chi connectivity index (χ0n) is 17.5. The summed E-state index contributed by atoms with van der Waals surface area (Å²) in [5.41, 5.74) is 8.24. The highest BCUT2D eigenvalue weighted by molar-refractivity contribution is 6.60. The Kier molecular flexibility index (Phi) is 5.84. The second-order valence-electron chi connectivity index (χ2n) is 7.58. The highest BCUT2D eigenvalue weighted by atomic mass is 35.5. The Hall–Kier alpha value is -3.14. The molecule has 0 heterocycles. The molecule has 0 saturated heterocycles. The summed E-state index contributed by atoms with van der Waals surface area (Å²) in [7, 11) is 4.35. The monoisotopic (exact) mass is 402 g/mol. The minimum atomic E-state index is 0.756. The van der Waals surface area contributed by atoms with Crippen molar-refractivity contribution in [2.75, 3.05) is 0 Å². The van der Waals surface area contributed by atoms with E-state index in [9.17, 15) is 0 Å². The zero-order chi connectivity index (χ0) is 21.1. The van der Waals surface area contributed by atoms with E-state index in [-0.39, 0.29) is 0 Å². The maximum atomic E-state index is 6.06. The molecule has 0 amide bonds. The van der Waals surface area contributed by atoms with Gasteiger partial charge in [-0.05, 0) is 59.2 Å². The Labute approximate surface area is 185 Å². The van der Waals surface area contributed by atoms with Gasteiger partial charge in [0, 0.05) is 16.1 Å². The average molecular weight is 403 g/mol. The number of benzene rings is 4. The van der Waals surface area contributed by atoms with E-state index in [0.717, 1.165) is 16.1 Å². The van der Waals surface area contributed by atoms with E-state index in [1.54, 1.807) is 0 Å². The number of hydrogen-bond donors (Lipinski definition) is 0. The van der Waals surface area contributed by atoms with E-state index in [0.29, 0.717) is 0 Å². The van der Waals surface area contributed by atoms with Crippen LogP contribution < -0.4 is 0 Å². The van der Waals surface area contributed by atoms with Crippen molar-refractivity contribution in [2.45, 2.75) is 6.92 Å². The molecule has 0 spiro atoms. The molecule has 0 aliphatic rings. The summed E-state index contributed by atoms with van der Waals surface area (Å²) in [6, 6.07) is 29.2. The van der Waals surface area contributed by atoms with Gasteiger partial charge in [0.25, 0.3) is 0 Å². The van der Waals surface area contributed by atoms with E-state index < -0.39 is 0 Å². The molecular formula is C27H21B2Cl. The van der Waals surface area contributed by atoms with E-state index in [1.807, 2.05) is 12.1 Å². The summed E-state index contributed by atoms with van der Waals surface area (Å²) in [6.07, 6.45) is 0. The van der Waals surface area contributed by atoms with Crippen molar-refractivity contribution in [2.24, 2.45) is 0 Å². The SMILES string of the molecule is B/C(=C(/B)c1ccc(C#Cc2ccc(C)cc2)c2ccccc12)c1ccc(Cl)cc1. The third kappa shape index (κ3) is 4.23. The Morgan fingerprint density at radius 2 is 1.37 bits per heavy atom. The molecule has 142 valence electrons. The van der Waals surface area contributed by atoms with Gasteiger partial charge in [-0.3, -0.25) is 0 Å². The van der Waals surface area contributed by atoms with Crippen LogP contribution in [-0.4, -0.2) is 15.7 Å². The molecule has 4 aromatic rings. The summed E-state index contributed by atoms with van der Waals surface area (Å²) < 4.78 is 0. The molecule has 3 heteroatoms. The van der Waals surface area contributed by atoms with E-state index >= 15 is 0 Å². The number of fused-ring (bicyclic) bond motifs is 1. The lowest BCUT2D eigenvalue weighted by molar-refractivity contribution is 1.46. The van der Waals surface area contributed by atoms with Crippen LogP contribution in [0.25, 0.3) is 21.7 Å². The fourth-order valence-corrected chi connectivity index (χ4v) is 3.76. The topological polar surface area (TPSA) is 0 Å². The average Bonchev–Trinajstić information content (AvgIpc) is 2.78. The van der Waals surface area contributed by atoms with Crippen LogP contribution in [0.1, 0.15) is 27.8 Å². The molecule has 0 aliphatic carbocycles. The largest absolute Gasteiger partial charge is 0.139 e. The fourth-order valence-electron chi connectivity index (χ4n) is 3.63. The first-order chi connectivity index (χ1) is 14.5. The maximum absolute atomic E-state index is 6.06. The predicted octanol–water partition coefficient (Wildman–Crippen LogP) is 5.29. The normalized spacial score (nSPS) is 11.5. The minimum absolute atomic E-state index is 0.756. The molecule has 0 radical (unpaired) electrons. The Morgan fingerprint density at radius 3 is 2.07 bits per heavy atom. The molecule has 0 bridgehead atoms. The molecule has 0 atom stereocenters. The van der Waals surface area contributed by atoms with Gasteiger partial charge in [0.2, 0.25) is 0 Å². The molecule has 0 unspecified atom stereocenters. The number of halogens is 1. The van der Waals surface area contributed by atoms with Gasteiger partial charge in [-0.15, -0.1) is 0 Å². The van der Waals surface area contributed by atoms with Gasteiger partial charge in [-0.25, -0.2) is 0 Å². The molecule has 0 N–H and O–H groups in total. The van der Waals surface area contributed by atoms with E-state index in [1.165, 1.54) is 38.4 Å². The fraction of sp³-hybridized carbons (Fsp3) is 0.0370. The zero-order valence-corrected chi connectivity index (χ0v) is 18.2. The number of aryl methyl sites for hydroxylation is 1. The smallest absolute Gasteiger partial charge is 0.0874 e. The van der Waals surface area contributed by atoms with E-state index in [4.69, 9.17) is 11.6 Å². The van der Waals surface area contributed by atoms with Gasteiger partial charge in [0.15, 0.2) is 0 Å². The molecule has 0 aliphatic heterocycles. The van der Waals surface area contributed by atoms with Crippen molar-refractivity contribution in [1.82, 2.24) is 0 Å². The Balaban J connectivity index is 1.80. The van der Waals surface area contributed by atoms with Crippen molar-refractivity contribution in [3.8, 4) is 11.8 Å². The Morgan fingerprint density at radius 1 is 0.700 bits per heavy atom. The van der Waals surface area contributed by atoms with Crippen LogP contribution >= 0.6 is 11.6 Å². The lowest BCUT2D eigenvalue weighted by atomic mass is 9.72. The van der Waals surface area contributed by atoms with Gasteiger partial charge in [0.1, 0.15) is 15.7 Å². The first-order valence-corrected chi connectivity index (χ1v) is 10.4. The van der Waals surface area contributed by atoms with Gasteiger partial charge < -0.3 is 0 Å². The summed E-state index contributed by atoms with van der Waals surface area (Å²) in [5, 5.41) is 3.16. The Bertz CT molecular complexity index is 1310. The number of rotatable bonds is 2. The summed E-state index contributed by atoms with van der Waals surface area (Å²) in [6.45, 7) is 2.09. The predicted molar refractivity (Wildman–Crippen MR) is 136 cm³/mol.